The number of nitrogens with zero attached hydrogens (tertiary/aromatic N) is 1. The zero-order chi connectivity index (χ0) is 22.1. The number of alkyl carbamates (subject to hydrolysis) is 1. The van der Waals surface area contributed by atoms with Gasteiger partial charge in [0.25, 0.3) is 5.91 Å². The van der Waals surface area contributed by atoms with E-state index in [1.54, 1.807) is 0 Å². The van der Waals surface area contributed by atoms with Crippen LogP contribution in [0.4, 0.5) is 4.79 Å². The largest absolute Gasteiger partial charge is 0.445 e. The minimum atomic E-state index is -0.932. The molecule has 0 fully saturated rings. The summed E-state index contributed by atoms with van der Waals surface area (Å²) in [7, 11) is 2.92. The lowest BCUT2D eigenvalue weighted by Gasteiger charge is -2.30. The molecule has 0 aromatic heterocycles. The van der Waals surface area contributed by atoms with Crippen LogP contribution in [0.1, 0.15) is 22.6 Å². The molecule has 0 spiro atoms. The van der Waals surface area contributed by atoms with Crippen molar-refractivity contribution >= 4 is 12.0 Å². The third-order valence-electron chi connectivity index (χ3n) is 4.99. The van der Waals surface area contributed by atoms with Crippen molar-refractivity contribution < 1.29 is 19.2 Å². The summed E-state index contributed by atoms with van der Waals surface area (Å²) in [5, 5.41) is 3.88. The predicted octanol–water partition coefficient (Wildman–Crippen LogP) is 4.13. The average Bonchev–Trinajstić information content (AvgIpc) is 2.83. The first kappa shape index (κ1) is 22.1. The summed E-state index contributed by atoms with van der Waals surface area (Å²) >= 11 is 0. The van der Waals surface area contributed by atoms with Crippen LogP contribution in [0, 0.1) is 0 Å². The normalized spacial score (nSPS) is 11.6. The number of rotatable bonds is 8. The minimum absolute atomic E-state index is 0.106. The van der Waals surface area contributed by atoms with Crippen LogP contribution in [-0.4, -0.2) is 37.3 Å². The number of carbonyl (C=O) groups excluding carboxylic acids is 2. The van der Waals surface area contributed by atoms with Crippen molar-refractivity contribution in [3.63, 3.8) is 0 Å². The van der Waals surface area contributed by atoms with Crippen molar-refractivity contribution in [2.45, 2.75) is 18.6 Å². The lowest BCUT2D eigenvalue weighted by molar-refractivity contribution is -0.171. The van der Waals surface area contributed by atoms with Gasteiger partial charge in [0, 0.05) is 13.0 Å². The number of hydrogen-bond donors (Lipinski definition) is 1. The number of ether oxygens (including phenoxy) is 1. The van der Waals surface area contributed by atoms with Crippen LogP contribution < -0.4 is 5.32 Å². The number of hydroxylamine groups is 2. The molecular formula is C25H26N2O4. The molecule has 0 saturated heterocycles. The Morgan fingerprint density at radius 1 is 0.839 bits per heavy atom. The predicted molar refractivity (Wildman–Crippen MR) is 118 cm³/mol. The van der Waals surface area contributed by atoms with Gasteiger partial charge in [-0.3, -0.25) is 9.63 Å². The van der Waals surface area contributed by atoms with Crippen LogP contribution in [0.5, 0.6) is 0 Å². The van der Waals surface area contributed by atoms with Gasteiger partial charge in [-0.1, -0.05) is 91.0 Å². The highest BCUT2D eigenvalue weighted by Crippen LogP contribution is 2.29. The van der Waals surface area contributed by atoms with Crippen molar-refractivity contribution in [2.24, 2.45) is 0 Å². The maximum absolute atomic E-state index is 13.2. The van der Waals surface area contributed by atoms with Gasteiger partial charge in [0.05, 0.1) is 7.11 Å². The molecule has 2 amide bonds. The van der Waals surface area contributed by atoms with Gasteiger partial charge < -0.3 is 10.1 Å². The molecule has 3 aromatic rings. The fraction of sp³-hybridized carbons (Fsp3) is 0.200. The molecule has 6 nitrogen and oxygen atoms in total. The number of hydrogen-bond acceptors (Lipinski definition) is 4. The minimum Gasteiger partial charge on any atom is -0.445 e. The molecule has 6 heteroatoms. The van der Waals surface area contributed by atoms with Crippen molar-refractivity contribution in [1.29, 1.82) is 0 Å². The van der Waals surface area contributed by atoms with Gasteiger partial charge >= 0.3 is 6.09 Å². The molecule has 3 rings (SSSR count). The van der Waals surface area contributed by atoms with Crippen molar-refractivity contribution in [1.82, 2.24) is 10.4 Å². The lowest BCUT2D eigenvalue weighted by atomic mass is 9.84. The Kier molecular flexibility index (Phi) is 7.79. The second-order valence-electron chi connectivity index (χ2n) is 7.00. The van der Waals surface area contributed by atoms with Gasteiger partial charge in [-0.2, -0.15) is 0 Å². The van der Waals surface area contributed by atoms with Crippen LogP contribution in [0.15, 0.2) is 91.0 Å². The Labute approximate surface area is 182 Å². The number of likely N-dealkylation sites (N-methyl/N-ethyl adjacent to an activating group) is 1. The van der Waals surface area contributed by atoms with Gasteiger partial charge in [0.15, 0.2) is 0 Å². The van der Waals surface area contributed by atoms with Crippen LogP contribution in [0.25, 0.3) is 0 Å². The Morgan fingerprint density at radius 2 is 1.32 bits per heavy atom. The summed E-state index contributed by atoms with van der Waals surface area (Å²) in [6.07, 6.45) is -0.677. The quantitative estimate of drug-likeness (QED) is 0.559. The molecule has 160 valence electrons. The Balaban J connectivity index is 1.90. The molecule has 1 atom stereocenters. The highest BCUT2D eigenvalue weighted by Gasteiger charge is 2.35. The standard InChI is InChI=1S/C25H26N2O4/c1-27(30-2)24(28)23(26-25(29)31-18-19-12-6-3-7-13-19)22(20-14-8-4-9-15-20)21-16-10-5-11-17-21/h3-17,22-23H,18H2,1-2H3,(H,26,29)/t23-/m0/s1. The second kappa shape index (κ2) is 10.9. The van der Waals surface area contributed by atoms with E-state index in [1.165, 1.54) is 14.2 Å². The van der Waals surface area contributed by atoms with Gasteiger partial charge in [-0.25, -0.2) is 9.86 Å². The second-order valence-corrected chi connectivity index (χ2v) is 7.00. The highest BCUT2D eigenvalue weighted by atomic mass is 16.7. The van der Waals surface area contributed by atoms with E-state index in [1.807, 2.05) is 91.0 Å². The summed E-state index contributed by atoms with van der Waals surface area (Å²) in [4.78, 5) is 31.0. The molecule has 0 heterocycles. The number of carbonyl (C=O) groups is 2. The van der Waals surface area contributed by atoms with E-state index in [4.69, 9.17) is 9.57 Å². The van der Waals surface area contributed by atoms with Crippen LogP contribution in [0.2, 0.25) is 0 Å². The fourth-order valence-electron chi connectivity index (χ4n) is 3.36. The van der Waals surface area contributed by atoms with Crippen LogP contribution in [0.3, 0.4) is 0 Å². The first-order valence-corrected chi connectivity index (χ1v) is 9.99. The van der Waals surface area contributed by atoms with Crippen LogP contribution in [-0.2, 0) is 21.0 Å². The van der Waals surface area contributed by atoms with E-state index >= 15 is 0 Å². The van der Waals surface area contributed by atoms with Crippen molar-refractivity contribution in [3.05, 3.63) is 108 Å². The third kappa shape index (κ3) is 5.93. The first-order chi connectivity index (χ1) is 15.1. The number of benzene rings is 3. The van der Waals surface area contributed by atoms with E-state index in [9.17, 15) is 9.59 Å². The maximum Gasteiger partial charge on any atom is 0.408 e. The topological polar surface area (TPSA) is 67.9 Å². The van der Waals surface area contributed by atoms with Gasteiger partial charge in [0.2, 0.25) is 0 Å². The zero-order valence-corrected chi connectivity index (χ0v) is 17.6. The van der Waals surface area contributed by atoms with Crippen LogP contribution >= 0.6 is 0 Å². The third-order valence-corrected chi connectivity index (χ3v) is 4.99. The maximum atomic E-state index is 13.2. The molecule has 0 aliphatic rings. The van der Waals surface area contributed by atoms with E-state index in [0.29, 0.717) is 0 Å². The van der Waals surface area contributed by atoms with E-state index < -0.39 is 24.0 Å². The SMILES string of the molecule is CON(C)C(=O)[C@@H](NC(=O)OCc1ccccc1)C(c1ccccc1)c1ccccc1. The van der Waals surface area contributed by atoms with E-state index in [-0.39, 0.29) is 6.61 Å². The molecule has 0 radical (unpaired) electrons. The fourth-order valence-corrected chi connectivity index (χ4v) is 3.36. The molecule has 3 aromatic carbocycles. The van der Waals surface area contributed by atoms with Gasteiger partial charge in [-0.15, -0.1) is 0 Å². The summed E-state index contributed by atoms with van der Waals surface area (Å²) in [6, 6.07) is 27.6. The Morgan fingerprint density at radius 3 is 1.81 bits per heavy atom. The Bertz CT molecular complexity index is 925. The molecular weight excluding hydrogens is 392 g/mol. The lowest BCUT2D eigenvalue weighted by Crippen LogP contribution is -2.50. The van der Waals surface area contributed by atoms with Crippen molar-refractivity contribution in [3.8, 4) is 0 Å². The summed E-state index contributed by atoms with van der Waals surface area (Å²) in [6.45, 7) is 0.106. The molecule has 0 saturated carbocycles. The molecule has 0 aliphatic heterocycles. The van der Waals surface area contributed by atoms with E-state index in [0.717, 1.165) is 21.8 Å². The monoisotopic (exact) mass is 418 g/mol. The number of nitrogens with one attached hydrogen (secondary N) is 1. The number of amides is 2. The van der Waals surface area contributed by atoms with E-state index in [2.05, 4.69) is 5.32 Å². The van der Waals surface area contributed by atoms with Crippen molar-refractivity contribution in [2.75, 3.05) is 14.2 Å². The first-order valence-electron chi connectivity index (χ1n) is 9.99. The Hall–Kier alpha value is -3.64. The summed E-state index contributed by atoms with van der Waals surface area (Å²) in [5.74, 6) is -0.825. The molecule has 0 aliphatic carbocycles. The summed E-state index contributed by atoms with van der Waals surface area (Å²) in [5.41, 5.74) is 2.64. The molecule has 31 heavy (non-hydrogen) atoms. The average molecular weight is 418 g/mol. The smallest absolute Gasteiger partial charge is 0.408 e. The highest BCUT2D eigenvalue weighted by molar-refractivity contribution is 5.86. The zero-order valence-electron chi connectivity index (χ0n) is 17.6. The van der Waals surface area contributed by atoms with Gasteiger partial charge in [-0.05, 0) is 16.7 Å². The van der Waals surface area contributed by atoms with Gasteiger partial charge in [0.1, 0.15) is 12.6 Å². The molecule has 0 unspecified atom stereocenters. The molecule has 0 bridgehead atoms. The summed E-state index contributed by atoms with van der Waals surface area (Å²) < 4.78 is 5.38. The molecule has 1 N–H and O–H groups in total.